The zero-order valence-electron chi connectivity index (χ0n) is 15.4. The topological polar surface area (TPSA) is 44.6 Å². The summed E-state index contributed by atoms with van der Waals surface area (Å²) in [6.07, 6.45) is 12.0. The third-order valence-electron chi connectivity index (χ3n) is 5.62. The summed E-state index contributed by atoms with van der Waals surface area (Å²) in [5, 5.41) is 13.4. The third kappa shape index (κ3) is 4.27. The zero-order valence-corrected chi connectivity index (χ0v) is 15.4. The highest BCUT2D eigenvalue weighted by molar-refractivity contribution is 6.12. The van der Waals surface area contributed by atoms with E-state index in [1.54, 1.807) is 13.1 Å². The molecule has 24 heavy (non-hydrogen) atoms. The second-order valence-electron chi connectivity index (χ2n) is 6.85. The van der Waals surface area contributed by atoms with Gasteiger partial charge in [0.15, 0.2) is 0 Å². The highest BCUT2D eigenvalue weighted by Crippen LogP contribution is 2.36. The Morgan fingerprint density at radius 3 is 2.88 bits per heavy atom. The Bertz CT molecular complexity index is 568. The largest absolute Gasteiger partial charge is 0.508 e. The highest BCUT2D eigenvalue weighted by Gasteiger charge is 2.30. The first kappa shape index (κ1) is 18.7. The molecule has 1 aliphatic heterocycles. The lowest BCUT2D eigenvalue weighted by atomic mass is 9.72. The summed E-state index contributed by atoms with van der Waals surface area (Å²) >= 11 is 0. The van der Waals surface area contributed by atoms with E-state index in [1.165, 1.54) is 24.8 Å². The Hall–Kier alpha value is -1.61. The first-order valence-electron chi connectivity index (χ1n) is 9.26. The lowest BCUT2D eigenvalue weighted by Crippen LogP contribution is -2.39. The third-order valence-corrected chi connectivity index (χ3v) is 5.62. The molecule has 3 atom stereocenters. The Morgan fingerprint density at radius 1 is 1.46 bits per heavy atom. The van der Waals surface area contributed by atoms with Crippen molar-refractivity contribution in [3.63, 3.8) is 0 Å². The number of nitrogens with one attached hydrogen (secondary N) is 1. The van der Waals surface area contributed by atoms with E-state index in [2.05, 4.69) is 30.7 Å². The van der Waals surface area contributed by atoms with E-state index in [1.807, 2.05) is 18.2 Å². The molecular weight excluding hydrogens is 296 g/mol. The molecule has 2 N–H and O–H groups in total. The average Bonchev–Trinajstić information content (AvgIpc) is 2.63. The van der Waals surface area contributed by atoms with Crippen molar-refractivity contribution in [1.82, 2.24) is 5.32 Å². The van der Waals surface area contributed by atoms with Gasteiger partial charge in [-0.2, -0.15) is 0 Å². The fourth-order valence-corrected chi connectivity index (χ4v) is 4.17. The van der Waals surface area contributed by atoms with Crippen LogP contribution in [0.15, 0.2) is 52.8 Å². The number of hydrogen-bond donors (Lipinski definition) is 2. The number of aliphatic hydroxyl groups is 1. The smallest absolute Gasteiger partial charge is 0.116 e. The molecule has 0 bridgehead atoms. The van der Waals surface area contributed by atoms with Crippen LogP contribution < -0.4 is 5.32 Å². The van der Waals surface area contributed by atoms with Crippen molar-refractivity contribution in [2.24, 2.45) is 22.7 Å². The highest BCUT2D eigenvalue weighted by atomic mass is 16.3. The van der Waals surface area contributed by atoms with E-state index in [-0.39, 0.29) is 5.76 Å². The molecule has 3 nitrogen and oxygen atoms in total. The molecule has 1 heterocycles. The van der Waals surface area contributed by atoms with Crippen LogP contribution in [0.1, 0.15) is 39.5 Å². The first-order chi connectivity index (χ1) is 11.6. The Kier molecular flexibility index (Phi) is 7.04. The minimum Gasteiger partial charge on any atom is -0.508 e. The molecule has 0 aromatic carbocycles. The summed E-state index contributed by atoms with van der Waals surface area (Å²) in [5.41, 5.74) is 3.15. The van der Waals surface area contributed by atoms with Gasteiger partial charge in [-0.25, -0.2) is 0 Å². The van der Waals surface area contributed by atoms with Gasteiger partial charge in [0, 0.05) is 12.6 Å². The van der Waals surface area contributed by atoms with Gasteiger partial charge in [-0.05, 0) is 67.5 Å². The Morgan fingerprint density at radius 2 is 2.25 bits per heavy atom. The fraction of sp³-hybridized carbons (Fsp3) is 0.571. The number of aliphatic hydroxyl groups excluding tert-OH is 1. The molecule has 3 heteroatoms. The molecule has 0 amide bonds. The van der Waals surface area contributed by atoms with Gasteiger partial charge in [0.2, 0.25) is 0 Å². The van der Waals surface area contributed by atoms with Crippen molar-refractivity contribution in [3.8, 4) is 0 Å². The van der Waals surface area contributed by atoms with Crippen molar-refractivity contribution < 1.29 is 5.11 Å². The van der Waals surface area contributed by atoms with Crippen LogP contribution in [-0.4, -0.2) is 31.0 Å². The fourth-order valence-electron chi connectivity index (χ4n) is 4.17. The molecule has 132 valence electrons. The molecule has 1 saturated heterocycles. The molecule has 1 fully saturated rings. The molecule has 3 unspecified atom stereocenters. The van der Waals surface area contributed by atoms with Gasteiger partial charge in [-0.15, -0.1) is 0 Å². The van der Waals surface area contributed by atoms with Crippen molar-refractivity contribution in [1.29, 1.82) is 0 Å². The summed E-state index contributed by atoms with van der Waals surface area (Å²) in [4.78, 5) is 4.37. The molecule has 0 spiro atoms. The van der Waals surface area contributed by atoms with Crippen molar-refractivity contribution in [2.75, 3.05) is 20.1 Å². The molecule has 0 aromatic heterocycles. The lowest BCUT2D eigenvalue weighted by molar-refractivity contribution is 0.164. The number of aliphatic imine (C=N–C) groups is 1. The maximum Gasteiger partial charge on any atom is 0.116 e. The van der Waals surface area contributed by atoms with Gasteiger partial charge < -0.3 is 10.4 Å². The van der Waals surface area contributed by atoms with E-state index < -0.39 is 0 Å². The van der Waals surface area contributed by atoms with Crippen LogP contribution in [0.4, 0.5) is 0 Å². The average molecular weight is 328 g/mol. The Labute approximate surface area is 147 Å². The monoisotopic (exact) mass is 328 g/mol. The minimum atomic E-state index is 0.290. The standard InChI is InChI=1S/C21H32N2O/c1-5-15(19-10-11-23-14-17(19)7-3)12-16(6-2)20-13-18(24)8-9-21(20)22-4/h6,8-9,13,15,17,19,23-24H,2,5,7,10-12,14H2,1,3-4H3/b20-16+,22-21?. The predicted octanol–water partition coefficient (Wildman–Crippen LogP) is 4.60. The van der Waals surface area contributed by atoms with Crippen LogP contribution in [0.25, 0.3) is 0 Å². The van der Waals surface area contributed by atoms with Gasteiger partial charge >= 0.3 is 0 Å². The molecule has 2 rings (SSSR count). The SMILES string of the molecule is C=C/C(CC(CC)C1CCNCC1CC)=C1/C=C(O)C=CC1=NC. The van der Waals surface area contributed by atoms with Crippen LogP contribution in [0.5, 0.6) is 0 Å². The quantitative estimate of drug-likeness (QED) is 0.748. The number of nitrogens with zero attached hydrogens (tertiary/aromatic N) is 1. The molecule has 1 aliphatic carbocycles. The molecule has 0 radical (unpaired) electrons. The summed E-state index contributed by atoms with van der Waals surface area (Å²) in [6.45, 7) is 10.9. The number of piperidine rings is 1. The predicted molar refractivity (Wildman–Crippen MR) is 104 cm³/mol. The van der Waals surface area contributed by atoms with E-state index in [0.29, 0.717) is 5.92 Å². The van der Waals surface area contributed by atoms with Crippen LogP contribution >= 0.6 is 0 Å². The maximum absolute atomic E-state index is 9.90. The molecular formula is C21H32N2O. The minimum absolute atomic E-state index is 0.290. The van der Waals surface area contributed by atoms with Crippen LogP contribution in [0, 0.1) is 17.8 Å². The summed E-state index contributed by atoms with van der Waals surface area (Å²) in [7, 11) is 1.80. The lowest BCUT2D eigenvalue weighted by Gasteiger charge is -2.37. The van der Waals surface area contributed by atoms with Gasteiger partial charge in [0.05, 0.1) is 5.71 Å². The second-order valence-corrected chi connectivity index (χ2v) is 6.85. The van der Waals surface area contributed by atoms with Crippen LogP contribution in [-0.2, 0) is 0 Å². The first-order valence-corrected chi connectivity index (χ1v) is 9.26. The normalized spacial score (nSPS) is 29.3. The molecule has 2 aliphatic rings. The van der Waals surface area contributed by atoms with Gasteiger partial charge in [0.25, 0.3) is 0 Å². The van der Waals surface area contributed by atoms with Crippen molar-refractivity contribution in [3.05, 3.63) is 47.8 Å². The molecule has 0 aromatic rings. The van der Waals surface area contributed by atoms with Crippen LogP contribution in [0.3, 0.4) is 0 Å². The zero-order chi connectivity index (χ0) is 17.5. The number of rotatable bonds is 6. The van der Waals surface area contributed by atoms with E-state index in [4.69, 9.17) is 0 Å². The summed E-state index contributed by atoms with van der Waals surface area (Å²) < 4.78 is 0. The van der Waals surface area contributed by atoms with Gasteiger partial charge in [-0.3, -0.25) is 4.99 Å². The second kappa shape index (κ2) is 9.03. The Balaban J connectivity index is 2.28. The summed E-state index contributed by atoms with van der Waals surface area (Å²) in [6, 6.07) is 0. The maximum atomic E-state index is 9.90. The number of allylic oxidation sites excluding steroid dienone is 6. The van der Waals surface area contributed by atoms with E-state index >= 15 is 0 Å². The van der Waals surface area contributed by atoms with Crippen molar-refractivity contribution in [2.45, 2.75) is 39.5 Å². The summed E-state index contributed by atoms with van der Waals surface area (Å²) in [5.74, 6) is 2.46. The van der Waals surface area contributed by atoms with Gasteiger partial charge in [-0.1, -0.05) is 39.3 Å². The number of hydrogen-bond acceptors (Lipinski definition) is 3. The molecule has 0 saturated carbocycles. The van der Waals surface area contributed by atoms with Crippen LogP contribution in [0.2, 0.25) is 0 Å². The van der Waals surface area contributed by atoms with Gasteiger partial charge in [0.1, 0.15) is 5.76 Å². The van der Waals surface area contributed by atoms with E-state index in [9.17, 15) is 5.11 Å². The van der Waals surface area contributed by atoms with Crippen molar-refractivity contribution >= 4 is 5.71 Å². The van der Waals surface area contributed by atoms with E-state index in [0.717, 1.165) is 42.6 Å².